The van der Waals surface area contributed by atoms with Crippen molar-refractivity contribution in [1.29, 1.82) is 0 Å². The van der Waals surface area contributed by atoms with Crippen LogP contribution in [-0.2, 0) is 0 Å². The van der Waals surface area contributed by atoms with Crippen LogP contribution in [0.3, 0.4) is 0 Å². The number of rotatable bonds is 0. The van der Waals surface area contributed by atoms with Crippen molar-refractivity contribution in [1.82, 2.24) is 0 Å². The van der Waals surface area contributed by atoms with Crippen LogP contribution in [0.25, 0.3) is 10.8 Å². The molecular formula is C17H25F. The molecule has 0 fully saturated rings. The number of benzene rings is 2. The van der Waals surface area contributed by atoms with Crippen LogP contribution < -0.4 is 0 Å². The van der Waals surface area contributed by atoms with Crippen molar-refractivity contribution in [3.63, 3.8) is 0 Å². The maximum absolute atomic E-state index is 13.3. The Labute approximate surface area is 111 Å². The van der Waals surface area contributed by atoms with Crippen molar-refractivity contribution in [2.45, 2.75) is 48.0 Å². The predicted octanol–water partition coefficient (Wildman–Crippen LogP) is 6.04. The van der Waals surface area contributed by atoms with E-state index in [4.69, 9.17) is 0 Å². The first kappa shape index (κ1) is 16.6. The SMILES string of the molecule is CC.CCC.Cc1ccc2c(F)cccc2c1C. The fourth-order valence-corrected chi connectivity index (χ4v) is 1.58. The van der Waals surface area contributed by atoms with Crippen LogP contribution in [-0.4, -0.2) is 0 Å². The van der Waals surface area contributed by atoms with E-state index in [0.29, 0.717) is 5.39 Å². The standard InChI is InChI=1S/C12H11F.C3H8.C2H6/c1-8-6-7-11-10(9(8)2)4-3-5-12(11)13;1-3-2;1-2/h3-7H,1-2H3;3H2,1-2H3;1-2H3. The minimum Gasteiger partial charge on any atom is -0.206 e. The monoisotopic (exact) mass is 248 g/mol. The molecule has 0 amide bonds. The molecule has 2 aromatic carbocycles. The van der Waals surface area contributed by atoms with E-state index >= 15 is 0 Å². The maximum atomic E-state index is 13.3. The van der Waals surface area contributed by atoms with Crippen LogP contribution in [0.2, 0.25) is 0 Å². The number of hydrogen-bond acceptors (Lipinski definition) is 0. The Kier molecular flexibility index (Phi) is 8.02. The van der Waals surface area contributed by atoms with Crippen LogP contribution in [0.5, 0.6) is 0 Å². The summed E-state index contributed by atoms with van der Waals surface area (Å²) >= 11 is 0. The molecule has 0 saturated carbocycles. The first-order valence-electron chi connectivity index (χ1n) is 6.76. The molecule has 0 aliphatic carbocycles. The quantitative estimate of drug-likeness (QED) is 0.533. The summed E-state index contributed by atoms with van der Waals surface area (Å²) < 4.78 is 13.3. The number of hydrogen-bond donors (Lipinski definition) is 0. The van der Waals surface area contributed by atoms with Gasteiger partial charge in [-0.2, -0.15) is 0 Å². The lowest BCUT2D eigenvalue weighted by molar-refractivity contribution is 0.640. The molecule has 0 saturated heterocycles. The summed E-state index contributed by atoms with van der Waals surface area (Å²) in [5, 5.41) is 1.73. The van der Waals surface area contributed by atoms with Gasteiger partial charge < -0.3 is 0 Å². The molecular weight excluding hydrogens is 223 g/mol. The highest BCUT2D eigenvalue weighted by Gasteiger charge is 2.02. The predicted molar refractivity (Wildman–Crippen MR) is 80.7 cm³/mol. The summed E-state index contributed by atoms with van der Waals surface area (Å²) in [6.45, 7) is 12.3. The Balaban J connectivity index is 0.000000509. The molecule has 0 radical (unpaired) electrons. The summed E-state index contributed by atoms with van der Waals surface area (Å²) in [5.41, 5.74) is 2.37. The third-order valence-corrected chi connectivity index (χ3v) is 2.55. The molecule has 2 rings (SSSR count). The second kappa shape index (κ2) is 8.68. The topological polar surface area (TPSA) is 0 Å². The average molecular weight is 248 g/mol. The van der Waals surface area contributed by atoms with Crippen LogP contribution in [0.1, 0.15) is 45.2 Å². The van der Waals surface area contributed by atoms with Gasteiger partial charge in [-0.15, -0.1) is 0 Å². The molecule has 0 aliphatic rings. The van der Waals surface area contributed by atoms with Crippen molar-refractivity contribution >= 4 is 10.8 Å². The summed E-state index contributed by atoms with van der Waals surface area (Å²) in [6.07, 6.45) is 1.25. The minimum absolute atomic E-state index is 0.138. The zero-order valence-electron chi connectivity index (χ0n) is 12.5. The molecule has 0 spiro atoms. The second-order valence-electron chi connectivity index (χ2n) is 4.05. The highest BCUT2D eigenvalue weighted by Crippen LogP contribution is 2.23. The second-order valence-corrected chi connectivity index (χ2v) is 4.05. The Morgan fingerprint density at radius 1 is 0.889 bits per heavy atom. The van der Waals surface area contributed by atoms with Crippen molar-refractivity contribution in [2.75, 3.05) is 0 Å². The normalized spacial score (nSPS) is 9.06. The van der Waals surface area contributed by atoms with E-state index in [1.54, 1.807) is 6.07 Å². The van der Waals surface area contributed by atoms with Gasteiger partial charge in [-0.3, -0.25) is 0 Å². The van der Waals surface area contributed by atoms with Gasteiger partial charge in [0.1, 0.15) is 5.82 Å². The van der Waals surface area contributed by atoms with E-state index in [9.17, 15) is 4.39 Å². The van der Waals surface area contributed by atoms with E-state index in [1.165, 1.54) is 18.1 Å². The van der Waals surface area contributed by atoms with Gasteiger partial charge in [0.2, 0.25) is 0 Å². The third kappa shape index (κ3) is 4.14. The highest BCUT2D eigenvalue weighted by atomic mass is 19.1. The van der Waals surface area contributed by atoms with Crippen LogP contribution in [0, 0.1) is 19.7 Å². The molecule has 0 heterocycles. The first-order chi connectivity index (χ1) is 8.61. The van der Waals surface area contributed by atoms with Gasteiger partial charge in [0.05, 0.1) is 0 Å². The van der Waals surface area contributed by atoms with Gasteiger partial charge in [0.25, 0.3) is 0 Å². The molecule has 1 heteroatoms. The smallest absolute Gasteiger partial charge is 0.131 e. The fraction of sp³-hybridized carbons (Fsp3) is 0.412. The zero-order valence-corrected chi connectivity index (χ0v) is 12.5. The molecule has 2 aromatic rings. The number of fused-ring (bicyclic) bond motifs is 1. The third-order valence-electron chi connectivity index (χ3n) is 2.55. The Hall–Kier alpha value is -1.37. The Morgan fingerprint density at radius 2 is 1.44 bits per heavy atom. The first-order valence-corrected chi connectivity index (χ1v) is 6.76. The molecule has 18 heavy (non-hydrogen) atoms. The molecule has 0 atom stereocenters. The van der Waals surface area contributed by atoms with Gasteiger partial charge in [0.15, 0.2) is 0 Å². The zero-order chi connectivity index (χ0) is 14.1. The number of halogens is 1. The lowest BCUT2D eigenvalue weighted by Gasteiger charge is -2.05. The van der Waals surface area contributed by atoms with Crippen LogP contribution >= 0.6 is 0 Å². The van der Waals surface area contributed by atoms with Gasteiger partial charge in [-0.05, 0) is 36.4 Å². The van der Waals surface area contributed by atoms with E-state index < -0.39 is 0 Å². The van der Waals surface area contributed by atoms with Gasteiger partial charge in [-0.1, -0.05) is 58.4 Å². The molecule has 0 nitrogen and oxygen atoms in total. The summed E-state index contributed by atoms with van der Waals surface area (Å²) in [4.78, 5) is 0. The van der Waals surface area contributed by atoms with E-state index in [2.05, 4.69) is 13.8 Å². The van der Waals surface area contributed by atoms with Gasteiger partial charge >= 0.3 is 0 Å². The molecule has 0 aromatic heterocycles. The minimum atomic E-state index is -0.138. The lowest BCUT2D eigenvalue weighted by atomic mass is 10.0. The molecule has 0 unspecified atom stereocenters. The van der Waals surface area contributed by atoms with Crippen LogP contribution in [0.15, 0.2) is 30.3 Å². The van der Waals surface area contributed by atoms with Crippen molar-refractivity contribution < 1.29 is 4.39 Å². The van der Waals surface area contributed by atoms with E-state index in [1.807, 2.05) is 45.9 Å². The lowest BCUT2D eigenvalue weighted by Crippen LogP contribution is -1.85. The molecule has 0 N–H and O–H groups in total. The Morgan fingerprint density at radius 3 is 2.00 bits per heavy atom. The van der Waals surface area contributed by atoms with Crippen molar-refractivity contribution in [3.05, 3.63) is 47.3 Å². The van der Waals surface area contributed by atoms with Crippen molar-refractivity contribution in [3.8, 4) is 0 Å². The summed E-state index contributed by atoms with van der Waals surface area (Å²) in [6, 6.07) is 9.01. The van der Waals surface area contributed by atoms with Gasteiger partial charge in [0, 0.05) is 5.39 Å². The maximum Gasteiger partial charge on any atom is 0.131 e. The highest BCUT2D eigenvalue weighted by molar-refractivity contribution is 5.86. The largest absolute Gasteiger partial charge is 0.206 e. The van der Waals surface area contributed by atoms with Crippen LogP contribution in [0.4, 0.5) is 4.39 Å². The van der Waals surface area contributed by atoms with Gasteiger partial charge in [-0.25, -0.2) is 4.39 Å². The Bertz CT molecular complexity index is 472. The summed E-state index contributed by atoms with van der Waals surface area (Å²) in [7, 11) is 0. The number of aryl methyl sites for hydroxylation is 2. The summed E-state index contributed by atoms with van der Waals surface area (Å²) in [5.74, 6) is -0.138. The van der Waals surface area contributed by atoms with E-state index in [0.717, 1.165) is 10.9 Å². The average Bonchev–Trinajstić information content (AvgIpc) is 2.38. The molecule has 0 bridgehead atoms. The van der Waals surface area contributed by atoms with Crippen molar-refractivity contribution in [2.24, 2.45) is 0 Å². The fourth-order valence-electron chi connectivity index (χ4n) is 1.58. The molecule has 0 aliphatic heterocycles. The molecule has 100 valence electrons. The van der Waals surface area contributed by atoms with E-state index in [-0.39, 0.29) is 5.82 Å².